The van der Waals surface area contributed by atoms with E-state index < -0.39 is 0 Å². The van der Waals surface area contributed by atoms with E-state index in [1.165, 1.54) is 6.42 Å². The van der Waals surface area contributed by atoms with Gasteiger partial charge in [-0.2, -0.15) is 0 Å². The Kier molecular flexibility index (Phi) is 3.85. The number of hydrogen-bond acceptors (Lipinski definition) is 2. The highest BCUT2D eigenvalue weighted by Gasteiger charge is 2.04. The Balaban J connectivity index is 2.28. The van der Waals surface area contributed by atoms with Gasteiger partial charge in [0.15, 0.2) is 0 Å². The van der Waals surface area contributed by atoms with Gasteiger partial charge in [0.05, 0.1) is 5.52 Å². The third-order valence-electron chi connectivity index (χ3n) is 3.04. The van der Waals surface area contributed by atoms with Crippen LogP contribution < -0.4 is 5.32 Å². The Bertz CT molecular complexity index is 511. The minimum Gasteiger partial charge on any atom is -0.384 e. The molecule has 1 aromatic carbocycles. The van der Waals surface area contributed by atoms with E-state index in [9.17, 15) is 0 Å². The van der Waals surface area contributed by atoms with Crippen molar-refractivity contribution in [1.82, 2.24) is 4.98 Å². The Morgan fingerprint density at radius 3 is 2.94 bits per heavy atom. The van der Waals surface area contributed by atoms with E-state index >= 15 is 0 Å². The lowest BCUT2D eigenvalue weighted by Crippen LogP contribution is -2.10. The van der Waals surface area contributed by atoms with Gasteiger partial charge < -0.3 is 5.32 Å². The maximum atomic E-state index is 5.96. The van der Waals surface area contributed by atoms with Crippen LogP contribution in [0.2, 0.25) is 5.02 Å². The van der Waals surface area contributed by atoms with Gasteiger partial charge in [-0.05, 0) is 30.2 Å². The fourth-order valence-corrected chi connectivity index (χ4v) is 1.87. The second-order valence-corrected chi connectivity index (χ2v) is 4.85. The lowest BCUT2D eigenvalue weighted by atomic mass is 10.1. The third-order valence-corrected chi connectivity index (χ3v) is 3.28. The third kappa shape index (κ3) is 2.89. The number of halogens is 1. The van der Waals surface area contributed by atoms with Crippen molar-refractivity contribution in [2.75, 3.05) is 11.9 Å². The predicted molar refractivity (Wildman–Crippen MR) is 74.7 cm³/mol. The minimum atomic E-state index is 0.672. The molecule has 90 valence electrons. The number of nitrogens with zero attached hydrogens (tertiary/aromatic N) is 1. The normalized spacial score (nSPS) is 12.6. The van der Waals surface area contributed by atoms with Crippen LogP contribution >= 0.6 is 11.6 Å². The summed E-state index contributed by atoms with van der Waals surface area (Å²) in [6, 6.07) is 7.83. The first-order chi connectivity index (χ1) is 8.20. The van der Waals surface area contributed by atoms with Crippen molar-refractivity contribution < 1.29 is 0 Å². The zero-order valence-electron chi connectivity index (χ0n) is 10.2. The number of aromatic nitrogens is 1. The molecule has 1 atom stereocenters. The fourth-order valence-electron chi connectivity index (χ4n) is 1.70. The molecule has 0 bridgehead atoms. The zero-order valence-corrected chi connectivity index (χ0v) is 11.0. The number of benzene rings is 1. The van der Waals surface area contributed by atoms with Crippen molar-refractivity contribution in [3.05, 3.63) is 35.5 Å². The molecule has 17 heavy (non-hydrogen) atoms. The highest BCUT2D eigenvalue weighted by Crippen LogP contribution is 2.24. The van der Waals surface area contributed by atoms with Crippen LogP contribution in [0.3, 0.4) is 0 Å². The van der Waals surface area contributed by atoms with E-state index in [1.807, 2.05) is 30.5 Å². The summed E-state index contributed by atoms with van der Waals surface area (Å²) in [5.41, 5.74) is 2.07. The van der Waals surface area contributed by atoms with Gasteiger partial charge >= 0.3 is 0 Å². The molecular weight excluding hydrogens is 232 g/mol. The zero-order chi connectivity index (χ0) is 12.3. The van der Waals surface area contributed by atoms with Gasteiger partial charge in [0.25, 0.3) is 0 Å². The van der Waals surface area contributed by atoms with E-state index in [0.717, 1.165) is 28.2 Å². The van der Waals surface area contributed by atoms with Gasteiger partial charge in [-0.3, -0.25) is 4.98 Å². The second-order valence-electron chi connectivity index (χ2n) is 4.41. The van der Waals surface area contributed by atoms with Gasteiger partial charge in [-0.25, -0.2) is 0 Å². The summed E-state index contributed by atoms with van der Waals surface area (Å²) in [6.45, 7) is 5.43. The molecule has 1 aromatic heterocycles. The summed E-state index contributed by atoms with van der Waals surface area (Å²) in [5.74, 6) is 0.672. The minimum absolute atomic E-state index is 0.672. The average molecular weight is 249 g/mol. The molecule has 0 radical (unpaired) electrons. The number of fused-ring (bicyclic) bond motifs is 1. The molecule has 1 unspecified atom stereocenters. The standard InChI is InChI=1S/C14H17ClN2/c1-3-10(2)9-17-13-6-7-16-14-8-11(15)4-5-12(13)14/h4-8,10H,3,9H2,1-2H3,(H,16,17). The first-order valence-corrected chi connectivity index (χ1v) is 6.36. The van der Waals surface area contributed by atoms with Crippen molar-refractivity contribution in [1.29, 1.82) is 0 Å². The number of hydrogen-bond donors (Lipinski definition) is 1. The van der Waals surface area contributed by atoms with Crippen molar-refractivity contribution in [3.63, 3.8) is 0 Å². The molecule has 3 heteroatoms. The molecule has 0 aliphatic rings. The van der Waals surface area contributed by atoms with Crippen LogP contribution in [0.5, 0.6) is 0 Å². The molecule has 0 saturated heterocycles. The summed E-state index contributed by atoms with van der Waals surface area (Å²) >= 11 is 5.96. The van der Waals surface area contributed by atoms with Crippen molar-refractivity contribution in [2.24, 2.45) is 5.92 Å². The molecule has 1 heterocycles. The topological polar surface area (TPSA) is 24.9 Å². The van der Waals surface area contributed by atoms with Gasteiger partial charge in [0.1, 0.15) is 0 Å². The van der Waals surface area contributed by atoms with Crippen LogP contribution in [-0.2, 0) is 0 Å². The van der Waals surface area contributed by atoms with Gasteiger partial charge in [-0.1, -0.05) is 31.9 Å². The molecule has 1 N–H and O–H groups in total. The first kappa shape index (κ1) is 12.2. The molecule has 2 nitrogen and oxygen atoms in total. The molecule has 0 aliphatic heterocycles. The SMILES string of the molecule is CCC(C)CNc1ccnc2cc(Cl)ccc12. The van der Waals surface area contributed by atoms with E-state index in [2.05, 4.69) is 24.1 Å². The molecule has 0 saturated carbocycles. The largest absolute Gasteiger partial charge is 0.384 e. The Hall–Kier alpha value is -1.28. The van der Waals surface area contributed by atoms with Crippen molar-refractivity contribution >= 4 is 28.2 Å². The van der Waals surface area contributed by atoms with Crippen LogP contribution in [0.1, 0.15) is 20.3 Å². The summed E-state index contributed by atoms with van der Waals surface area (Å²) in [5, 5.41) is 5.33. The van der Waals surface area contributed by atoms with Gasteiger partial charge in [0.2, 0.25) is 0 Å². The van der Waals surface area contributed by atoms with Crippen LogP contribution in [0.4, 0.5) is 5.69 Å². The summed E-state index contributed by atoms with van der Waals surface area (Å²) in [6.07, 6.45) is 3.00. The smallest absolute Gasteiger partial charge is 0.0737 e. The van der Waals surface area contributed by atoms with Crippen molar-refractivity contribution in [3.8, 4) is 0 Å². The monoisotopic (exact) mass is 248 g/mol. The van der Waals surface area contributed by atoms with Gasteiger partial charge in [0, 0.05) is 28.8 Å². The quantitative estimate of drug-likeness (QED) is 0.870. The van der Waals surface area contributed by atoms with Crippen LogP contribution in [0, 0.1) is 5.92 Å². The Morgan fingerprint density at radius 1 is 1.35 bits per heavy atom. The van der Waals surface area contributed by atoms with E-state index in [-0.39, 0.29) is 0 Å². The van der Waals surface area contributed by atoms with E-state index in [0.29, 0.717) is 5.92 Å². The van der Waals surface area contributed by atoms with Crippen molar-refractivity contribution in [2.45, 2.75) is 20.3 Å². The number of nitrogens with one attached hydrogen (secondary N) is 1. The summed E-state index contributed by atoms with van der Waals surface area (Å²) < 4.78 is 0. The lowest BCUT2D eigenvalue weighted by Gasteiger charge is -2.13. The molecular formula is C14H17ClN2. The maximum Gasteiger partial charge on any atom is 0.0737 e. The van der Waals surface area contributed by atoms with Crippen LogP contribution in [-0.4, -0.2) is 11.5 Å². The van der Waals surface area contributed by atoms with E-state index in [1.54, 1.807) is 0 Å². The lowest BCUT2D eigenvalue weighted by molar-refractivity contribution is 0.594. The number of rotatable bonds is 4. The fraction of sp³-hybridized carbons (Fsp3) is 0.357. The maximum absolute atomic E-state index is 5.96. The Labute approximate surface area is 107 Å². The number of anilines is 1. The summed E-state index contributed by atoms with van der Waals surface area (Å²) in [4.78, 5) is 4.33. The molecule has 0 aliphatic carbocycles. The molecule has 0 spiro atoms. The highest BCUT2D eigenvalue weighted by molar-refractivity contribution is 6.31. The average Bonchev–Trinajstić information content (AvgIpc) is 2.35. The highest BCUT2D eigenvalue weighted by atomic mass is 35.5. The number of pyridine rings is 1. The predicted octanol–water partition coefficient (Wildman–Crippen LogP) is 4.35. The first-order valence-electron chi connectivity index (χ1n) is 5.99. The van der Waals surface area contributed by atoms with Gasteiger partial charge in [-0.15, -0.1) is 0 Å². The van der Waals surface area contributed by atoms with Crippen LogP contribution in [0.25, 0.3) is 10.9 Å². The van der Waals surface area contributed by atoms with Crippen LogP contribution in [0.15, 0.2) is 30.5 Å². The molecule has 0 fully saturated rings. The Morgan fingerprint density at radius 2 is 2.18 bits per heavy atom. The summed E-state index contributed by atoms with van der Waals surface area (Å²) in [7, 11) is 0. The second kappa shape index (κ2) is 5.37. The molecule has 2 aromatic rings. The molecule has 0 amide bonds. The molecule has 2 rings (SSSR count). The van der Waals surface area contributed by atoms with E-state index in [4.69, 9.17) is 11.6 Å².